The fourth-order valence-corrected chi connectivity index (χ4v) is 8.90. The molecule has 1 aliphatic rings. The average molecular weight is 300 g/mol. The van der Waals surface area contributed by atoms with Crippen molar-refractivity contribution in [3.63, 3.8) is 0 Å². The Morgan fingerprint density at radius 1 is 1.00 bits per heavy atom. The molecule has 1 fully saturated rings. The molecule has 3 nitrogen and oxygen atoms in total. The molecule has 120 valence electrons. The Kier molecular flexibility index (Phi) is 5.51. The lowest BCUT2D eigenvalue weighted by molar-refractivity contribution is 0.186. The molecule has 1 aliphatic carbocycles. The van der Waals surface area contributed by atoms with E-state index in [4.69, 9.17) is 0 Å². The van der Waals surface area contributed by atoms with E-state index in [2.05, 4.69) is 83.8 Å². The van der Waals surface area contributed by atoms with E-state index >= 15 is 0 Å². The second kappa shape index (κ2) is 6.07. The van der Waals surface area contributed by atoms with E-state index < -0.39 is 8.24 Å². The van der Waals surface area contributed by atoms with Crippen LogP contribution < -0.4 is 4.98 Å². The van der Waals surface area contributed by atoms with Gasteiger partial charge in [-0.25, -0.2) is 0 Å². The maximum absolute atomic E-state index is 4.00. The van der Waals surface area contributed by atoms with E-state index in [0.717, 1.165) is 11.5 Å². The van der Waals surface area contributed by atoms with E-state index in [9.17, 15) is 0 Å². The number of nitrogens with one attached hydrogen (secondary N) is 1. The van der Waals surface area contributed by atoms with Gasteiger partial charge in [-0.15, -0.1) is 0 Å². The van der Waals surface area contributed by atoms with Crippen LogP contribution in [0.4, 0.5) is 0 Å². The highest BCUT2D eigenvalue weighted by Crippen LogP contribution is 2.45. The summed E-state index contributed by atoms with van der Waals surface area (Å²) in [6.07, 6.45) is 1.33. The zero-order valence-corrected chi connectivity index (χ0v) is 16.4. The molecule has 0 spiro atoms. The molecule has 0 aromatic heterocycles. The molecular weight excluding hydrogens is 262 g/mol. The second-order valence-electron chi connectivity index (χ2n) is 8.78. The molecule has 0 amide bonds. The summed E-state index contributed by atoms with van der Waals surface area (Å²) >= 11 is 0. The highest BCUT2D eigenvalue weighted by Gasteiger charge is 2.50. The quantitative estimate of drug-likeness (QED) is 0.805. The minimum atomic E-state index is -1.48. The van der Waals surface area contributed by atoms with Crippen LogP contribution in [0, 0.1) is 5.92 Å². The maximum Gasteiger partial charge on any atom is 0.124 e. The summed E-state index contributed by atoms with van der Waals surface area (Å²) in [6.45, 7) is 14.4. The first-order chi connectivity index (χ1) is 8.87. The average Bonchev–Trinajstić information content (AvgIpc) is 2.52. The molecule has 1 saturated carbocycles. The first-order valence-corrected chi connectivity index (χ1v) is 11.1. The normalized spacial score (nSPS) is 32.4. The van der Waals surface area contributed by atoms with Crippen molar-refractivity contribution in [3.05, 3.63) is 0 Å². The van der Waals surface area contributed by atoms with Crippen LogP contribution >= 0.6 is 0 Å². The first kappa shape index (κ1) is 18.1. The molecule has 1 rings (SSSR count). The standard InChI is InChI=1S/C16H37N3Si/c1-12-13(18(5)6)11-14(15(12)19(7)8)20(9,10)17-16(2,3)4/h12-15,17H,11H2,1-10H3/t12-,13?,14?,15?/m1/s1. The zero-order valence-electron chi connectivity index (χ0n) is 15.4. The minimum absolute atomic E-state index is 0.214. The highest BCUT2D eigenvalue weighted by atomic mass is 28.3. The van der Waals surface area contributed by atoms with Crippen molar-refractivity contribution < 1.29 is 0 Å². The van der Waals surface area contributed by atoms with Crippen molar-refractivity contribution in [3.8, 4) is 0 Å². The summed E-state index contributed by atoms with van der Waals surface area (Å²) < 4.78 is 0. The highest BCUT2D eigenvalue weighted by molar-refractivity contribution is 6.76. The number of nitrogens with zero attached hydrogens (tertiary/aromatic N) is 2. The number of hydrogen-bond donors (Lipinski definition) is 1. The molecule has 0 heterocycles. The Morgan fingerprint density at radius 2 is 1.50 bits per heavy atom. The molecule has 4 heteroatoms. The van der Waals surface area contributed by atoms with Crippen LogP contribution in [0.3, 0.4) is 0 Å². The van der Waals surface area contributed by atoms with Crippen LogP contribution in [0.15, 0.2) is 0 Å². The van der Waals surface area contributed by atoms with Crippen LogP contribution in [0.1, 0.15) is 34.1 Å². The van der Waals surface area contributed by atoms with E-state index in [1.54, 1.807) is 0 Å². The molecule has 0 saturated heterocycles. The van der Waals surface area contributed by atoms with Crippen molar-refractivity contribution in [1.82, 2.24) is 14.8 Å². The van der Waals surface area contributed by atoms with E-state index in [1.165, 1.54) is 6.42 Å². The van der Waals surface area contributed by atoms with Crippen molar-refractivity contribution in [1.29, 1.82) is 0 Å². The number of hydrogen-bond acceptors (Lipinski definition) is 3. The van der Waals surface area contributed by atoms with Gasteiger partial charge in [0.1, 0.15) is 8.24 Å². The molecule has 0 bridgehead atoms. The molecule has 1 N–H and O–H groups in total. The fourth-order valence-electron chi connectivity index (χ4n) is 4.50. The van der Waals surface area contributed by atoms with Crippen LogP contribution in [0.5, 0.6) is 0 Å². The molecule has 20 heavy (non-hydrogen) atoms. The molecule has 0 aromatic rings. The van der Waals surface area contributed by atoms with Crippen molar-refractivity contribution in [2.24, 2.45) is 5.92 Å². The second-order valence-corrected chi connectivity index (χ2v) is 13.2. The van der Waals surface area contributed by atoms with Gasteiger partial charge in [-0.1, -0.05) is 20.0 Å². The van der Waals surface area contributed by atoms with E-state index in [1.807, 2.05) is 0 Å². The lowest BCUT2D eigenvalue weighted by Crippen LogP contribution is -2.59. The Balaban J connectivity index is 3.02. The van der Waals surface area contributed by atoms with Crippen molar-refractivity contribution in [2.75, 3.05) is 28.2 Å². The number of rotatable bonds is 4. The van der Waals surface area contributed by atoms with Gasteiger partial charge in [-0.2, -0.15) is 0 Å². The predicted molar refractivity (Wildman–Crippen MR) is 92.9 cm³/mol. The Bertz CT molecular complexity index is 320. The lowest BCUT2D eigenvalue weighted by atomic mass is 10.0. The third kappa shape index (κ3) is 4.06. The van der Waals surface area contributed by atoms with Crippen LogP contribution in [-0.2, 0) is 0 Å². The van der Waals surface area contributed by atoms with Gasteiger partial charge in [-0.05, 0) is 66.8 Å². The van der Waals surface area contributed by atoms with Crippen molar-refractivity contribution >= 4 is 8.24 Å². The van der Waals surface area contributed by atoms with E-state index in [0.29, 0.717) is 12.1 Å². The van der Waals surface area contributed by atoms with Gasteiger partial charge >= 0.3 is 0 Å². The van der Waals surface area contributed by atoms with Gasteiger partial charge < -0.3 is 14.8 Å². The molecule has 0 aliphatic heterocycles. The Hall–Kier alpha value is 0.0969. The predicted octanol–water partition coefficient (Wildman–Crippen LogP) is 2.85. The molecule has 4 atom stereocenters. The first-order valence-electron chi connectivity index (χ1n) is 7.99. The molecular formula is C16H37N3Si. The maximum atomic E-state index is 4.00. The molecule has 3 unspecified atom stereocenters. The summed E-state index contributed by atoms with van der Waals surface area (Å²) in [5.74, 6) is 0.735. The van der Waals surface area contributed by atoms with Crippen LogP contribution in [0.25, 0.3) is 0 Å². The van der Waals surface area contributed by atoms with Gasteiger partial charge in [0.25, 0.3) is 0 Å². The largest absolute Gasteiger partial charge is 0.332 e. The summed E-state index contributed by atoms with van der Waals surface area (Å²) in [5.41, 5.74) is 1.02. The zero-order chi connectivity index (χ0) is 15.9. The summed E-state index contributed by atoms with van der Waals surface area (Å²) in [7, 11) is 7.51. The van der Waals surface area contributed by atoms with Crippen LogP contribution in [-0.4, -0.2) is 63.8 Å². The summed E-state index contributed by atoms with van der Waals surface area (Å²) in [6, 6.07) is 1.40. The van der Waals surface area contributed by atoms with Gasteiger partial charge in [-0.3, -0.25) is 0 Å². The third-order valence-corrected chi connectivity index (χ3v) is 8.76. The van der Waals surface area contributed by atoms with E-state index in [-0.39, 0.29) is 5.54 Å². The lowest BCUT2D eigenvalue weighted by Gasteiger charge is -2.42. The smallest absolute Gasteiger partial charge is 0.124 e. The Morgan fingerprint density at radius 3 is 1.85 bits per heavy atom. The van der Waals surface area contributed by atoms with Crippen molar-refractivity contribution in [2.45, 2.75) is 70.4 Å². The topological polar surface area (TPSA) is 18.5 Å². The molecule has 0 aromatic carbocycles. The third-order valence-electron chi connectivity index (χ3n) is 4.94. The van der Waals surface area contributed by atoms with Gasteiger partial charge in [0, 0.05) is 17.6 Å². The molecule has 0 radical (unpaired) electrons. The SMILES string of the molecule is C[C@@H]1C(N(C)C)CC([Si](C)(C)NC(C)(C)C)C1N(C)C. The van der Waals surface area contributed by atoms with Crippen LogP contribution in [0.2, 0.25) is 18.6 Å². The van der Waals surface area contributed by atoms with Gasteiger partial charge in [0.2, 0.25) is 0 Å². The van der Waals surface area contributed by atoms with Gasteiger partial charge in [0.05, 0.1) is 0 Å². The Labute approximate surface area is 128 Å². The van der Waals surface area contributed by atoms with Gasteiger partial charge in [0.15, 0.2) is 0 Å². The fraction of sp³-hybridized carbons (Fsp3) is 1.00. The summed E-state index contributed by atoms with van der Waals surface area (Å²) in [5, 5.41) is 0. The minimum Gasteiger partial charge on any atom is -0.332 e. The summed E-state index contributed by atoms with van der Waals surface area (Å²) in [4.78, 5) is 8.90. The monoisotopic (exact) mass is 299 g/mol.